The number of hydrogen-bond donors (Lipinski definition) is 0. The Balaban J connectivity index is 1.21. The molecular weight excluding hydrogens is 299 g/mol. The SMILES string of the molecule is Fc1ccccc1CN1CCN(C2C3CC4CC(C3)CC2C4)CC1. The van der Waals surface area contributed by atoms with Crippen LogP contribution in [0.1, 0.15) is 37.7 Å². The van der Waals surface area contributed by atoms with E-state index in [1.807, 2.05) is 12.1 Å². The number of hydrogen-bond acceptors (Lipinski definition) is 2. The van der Waals surface area contributed by atoms with Gasteiger partial charge in [-0.15, -0.1) is 0 Å². The van der Waals surface area contributed by atoms with Crippen LogP contribution in [0.5, 0.6) is 0 Å². The third-order valence-corrected chi connectivity index (χ3v) is 7.36. The lowest BCUT2D eigenvalue weighted by atomic mass is 9.54. The monoisotopic (exact) mass is 328 g/mol. The molecule has 0 unspecified atom stereocenters. The van der Waals surface area contributed by atoms with Crippen molar-refractivity contribution in [2.75, 3.05) is 26.2 Å². The van der Waals surface area contributed by atoms with Crippen LogP contribution < -0.4 is 0 Å². The van der Waals surface area contributed by atoms with Gasteiger partial charge in [-0.25, -0.2) is 4.39 Å². The van der Waals surface area contributed by atoms with E-state index in [-0.39, 0.29) is 5.82 Å². The van der Waals surface area contributed by atoms with Crippen LogP contribution in [0.4, 0.5) is 4.39 Å². The zero-order chi connectivity index (χ0) is 16.1. The van der Waals surface area contributed by atoms with Crippen LogP contribution in [0.15, 0.2) is 24.3 Å². The van der Waals surface area contributed by atoms with Crippen molar-refractivity contribution in [2.45, 2.75) is 44.7 Å². The molecule has 0 amide bonds. The number of benzene rings is 1. The highest BCUT2D eigenvalue weighted by atomic mass is 19.1. The summed E-state index contributed by atoms with van der Waals surface area (Å²) in [5.41, 5.74) is 0.848. The minimum atomic E-state index is -0.0547. The molecule has 0 N–H and O–H groups in total. The molecule has 1 aromatic carbocycles. The molecule has 2 nitrogen and oxygen atoms in total. The molecule has 6 rings (SSSR count). The van der Waals surface area contributed by atoms with E-state index < -0.39 is 0 Å². The molecule has 1 saturated heterocycles. The van der Waals surface area contributed by atoms with Gasteiger partial charge in [-0.3, -0.25) is 9.80 Å². The summed E-state index contributed by atoms with van der Waals surface area (Å²) in [4.78, 5) is 5.25. The Morgan fingerprint density at radius 2 is 1.46 bits per heavy atom. The lowest BCUT2D eigenvalue weighted by molar-refractivity contribution is -0.0769. The average molecular weight is 328 g/mol. The summed E-state index contributed by atoms with van der Waals surface area (Å²) >= 11 is 0. The Bertz CT molecular complexity index is 565. The zero-order valence-electron chi connectivity index (χ0n) is 14.5. The molecule has 1 aromatic rings. The minimum Gasteiger partial charge on any atom is -0.297 e. The Morgan fingerprint density at radius 3 is 2.08 bits per heavy atom. The van der Waals surface area contributed by atoms with Crippen molar-refractivity contribution in [2.24, 2.45) is 23.7 Å². The van der Waals surface area contributed by atoms with Crippen molar-refractivity contribution < 1.29 is 4.39 Å². The van der Waals surface area contributed by atoms with Crippen molar-refractivity contribution in [3.8, 4) is 0 Å². The lowest BCUT2D eigenvalue weighted by Gasteiger charge is -2.58. The van der Waals surface area contributed by atoms with Crippen LogP contribution in [0, 0.1) is 29.5 Å². The van der Waals surface area contributed by atoms with Gasteiger partial charge in [0.25, 0.3) is 0 Å². The minimum absolute atomic E-state index is 0.0547. The van der Waals surface area contributed by atoms with Crippen LogP contribution in [0.25, 0.3) is 0 Å². The largest absolute Gasteiger partial charge is 0.297 e. The summed E-state index contributed by atoms with van der Waals surface area (Å²) < 4.78 is 13.9. The Hall–Kier alpha value is -0.930. The second kappa shape index (κ2) is 6.10. The molecule has 1 heterocycles. The summed E-state index contributed by atoms with van der Waals surface area (Å²) in [7, 11) is 0. The maximum absolute atomic E-state index is 13.9. The van der Waals surface area contributed by atoms with Gasteiger partial charge in [0.1, 0.15) is 5.82 Å². The van der Waals surface area contributed by atoms with Gasteiger partial charge in [0.2, 0.25) is 0 Å². The van der Waals surface area contributed by atoms with Crippen LogP contribution in [0.2, 0.25) is 0 Å². The van der Waals surface area contributed by atoms with Gasteiger partial charge in [0.05, 0.1) is 0 Å². The number of piperazine rings is 1. The first-order valence-corrected chi connectivity index (χ1v) is 9.96. The molecule has 0 aromatic heterocycles. The van der Waals surface area contributed by atoms with Crippen molar-refractivity contribution in [1.82, 2.24) is 9.80 Å². The first kappa shape index (κ1) is 15.3. The predicted octanol–water partition coefficient (Wildman–Crippen LogP) is 3.77. The summed E-state index contributed by atoms with van der Waals surface area (Å²) in [6.45, 7) is 5.32. The van der Waals surface area contributed by atoms with Crippen LogP contribution in [0.3, 0.4) is 0 Å². The molecule has 0 atom stereocenters. The van der Waals surface area contributed by atoms with E-state index in [4.69, 9.17) is 0 Å². The molecule has 4 aliphatic carbocycles. The smallest absolute Gasteiger partial charge is 0.127 e. The van der Waals surface area contributed by atoms with Crippen LogP contribution in [-0.4, -0.2) is 42.0 Å². The normalized spacial score (nSPS) is 39.5. The standard InChI is InChI=1S/C21H29FN2/c22-20-4-2-1-3-17(20)14-23-5-7-24(8-6-23)21-18-10-15-9-16(12-18)13-19(21)11-15/h1-4,15-16,18-19,21H,5-14H2. The summed E-state index contributed by atoms with van der Waals surface area (Å²) in [5, 5.41) is 0. The Kier molecular flexibility index (Phi) is 3.90. The van der Waals surface area contributed by atoms with E-state index in [0.717, 1.165) is 54.9 Å². The fraction of sp³-hybridized carbons (Fsp3) is 0.714. The molecule has 3 heteroatoms. The van der Waals surface area contributed by atoms with Crippen molar-refractivity contribution in [3.63, 3.8) is 0 Å². The molecule has 0 spiro atoms. The summed E-state index contributed by atoms with van der Waals surface area (Å²) in [6, 6.07) is 8.11. The highest BCUT2D eigenvalue weighted by molar-refractivity contribution is 5.17. The predicted molar refractivity (Wildman–Crippen MR) is 94.1 cm³/mol. The molecule has 24 heavy (non-hydrogen) atoms. The van der Waals surface area contributed by atoms with E-state index in [0.29, 0.717) is 0 Å². The molecule has 130 valence electrons. The summed E-state index contributed by atoms with van der Waals surface area (Å²) in [5.74, 6) is 4.04. The molecule has 5 aliphatic rings. The number of rotatable bonds is 3. The average Bonchev–Trinajstić information content (AvgIpc) is 2.57. The molecule has 0 radical (unpaired) electrons. The second-order valence-corrected chi connectivity index (χ2v) is 8.82. The molecule has 1 aliphatic heterocycles. The van der Waals surface area contributed by atoms with Gasteiger partial charge in [-0.05, 0) is 61.8 Å². The Morgan fingerprint density at radius 1 is 0.833 bits per heavy atom. The third-order valence-electron chi connectivity index (χ3n) is 7.36. The summed E-state index contributed by atoms with van der Waals surface area (Å²) in [6.07, 6.45) is 7.57. The zero-order valence-corrected chi connectivity index (χ0v) is 14.5. The number of halogens is 1. The highest BCUT2D eigenvalue weighted by Gasteiger charge is 2.50. The van der Waals surface area contributed by atoms with E-state index >= 15 is 0 Å². The van der Waals surface area contributed by atoms with E-state index in [9.17, 15) is 4.39 Å². The van der Waals surface area contributed by atoms with Gasteiger partial charge in [-0.2, -0.15) is 0 Å². The second-order valence-electron chi connectivity index (χ2n) is 8.82. The van der Waals surface area contributed by atoms with Gasteiger partial charge in [0.15, 0.2) is 0 Å². The van der Waals surface area contributed by atoms with E-state index in [1.165, 1.54) is 45.2 Å². The fourth-order valence-electron chi connectivity index (χ4n) is 6.58. The third kappa shape index (κ3) is 2.70. The fourth-order valence-corrected chi connectivity index (χ4v) is 6.58. The van der Waals surface area contributed by atoms with Crippen molar-refractivity contribution >= 4 is 0 Å². The molecule has 4 bridgehead atoms. The first-order valence-electron chi connectivity index (χ1n) is 9.96. The van der Waals surface area contributed by atoms with Gasteiger partial charge < -0.3 is 0 Å². The lowest BCUT2D eigenvalue weighted by Crippen LogP contribution is -2.60. The molecule has 4 saturated carbocycles. The van der Waals surface area contributed by atoms with Gasteiger partial charge in [-0.1, -0.05) is 18.2 Å². The van der Waals surface area contributed by atoms with Crippen molar-refractivity contribution in [3.05, 3.63) is 35.6 Å². The van der Waals surface area contributed by atoms with Gasteiger partial charge in [0, 0.05) is 44.3 Å². The maximum Gasteiger partial charge on any atom is 0.127 e. The van der Waals surface area contributed by atoms with Gasteiger partial charge >= 0.3 is 0 Å². The quantitative estimate of drug-likeness (QED) is 0.833. The van der Waals surface area contributed by atoms with Crippen LogP contribution >= 0.6 is 0 Å². The van der Waals surface area contributed by atoms with Crippen molar-refractivity contribution in [1.29, 1.82) is 0 Å². The molecule has 5 fully saturated rings. The topological polar surface area (TPSA) is 6.48 Å². The highest BCUT2D eigenvalue weighted by Crippen LogP contribution is 2.55. The Labute approximate surface area is 145 Å². The first-order chi connectivity index (χ1) is 11.8. The van der Waals surface area contributed by atoms with E-state index in [1.54, 1.807) is 12.1 Å². The maximum atomic E-state index is 13.9. The van der Waals surface area contributed by atoms with E-state index in [2.05, 4.69) is 9.80 Å². The number of nitrogens with zero attached hydrogens (tertiary/aromatic N) is 2. The molecular formula is C21H29FN2. The van der Waals surface area contributed by atoms with Crippen LogP contribution in [-0.2, 0) is 6.54 Å².